The number of carbonyl (C=O) groups is 1. The minimum absolute atomic E-state index is 0.00233. The molecule has 28 heavy (non-hydrogen) atoms. The number of fused-ring (bicyclic) bond motifs is 2. The van der Waals surface area contributed by atoms with Crippen LogP contribution in [0.4, 0.5) is 26.3 Å². The van der Waals surface area contributed by atoms with Gasteiger partial charge < -0.3 is 10.4 Å². The molecule has 3 aliphatic rings. The van der Waals surface area contributed by atoms with Crippen molar-refractivity contribution in [3.63, 3.8) is 0 Å². The van der Waals surface area contributed by atoms with Crippen molar-refractivity contribution in [2.75, 3.05) is 0 Å². The zero-order chi connectivity index (χ0) is 21.1. The normalized spacial score (nSPS) is 39.2. The Hall–Kier alpha value is -0.990. The molecule has 0 radical (unpaired) electrons. The lowest BCUT2D eigenvalue weighted by molar-refractivity contribution is -0.387. The van der Waals surface area contributed by atoms with E-state index in [4.69, 9.17) is 0 Å². The maximum absolute atomic E-state index is 13.0. The molecule has 5 atom stereocenters. The van der Waals surface area contributed by atoms with E-state index in [1.165, 1.54) is 0 Å². The fraction of sp³-hybridized carbons (Fsp3) is 0.947. The number of nitrogens with one attached hydrogen (secondary N) is 1. The molecule has 3 rings (SSSR count). The van der Waals surface area contributed by atoms with Gasteiger partial charge in [0.2, 0.25) is 5.91 Å². The maximum Gasteiger partial charge on any atom is 0.426 e. The van der Waals surface area contributed by atoms with Crippen LogP contribution in [0, 0.1) is 35.5 Å². The van der Waals surface area contributed by atoms with Crippen LogP contribution in [0.1, 0.15) is 52.4 Å². The lowest BCUT2D eigenvalue weighted by atomic mass is 9.73. The van der Waals surface area contributed by atoms with Crippen molar-refractivity contribution in [1.29, 1.82) is 0 Å². The van der Waals surface area contributed by atoms with E-state index in [0.717, 1.165) is 12.8 Å². The Bertz CT molecular complexity index is 580. The Labute approximate surface area is 160 Å². The monoisotopic (exact) mass is 415 g/mol. The minimum atomic E-state index is -5.79. The maximum atomic E-state index is 13.0. The van der Waals surface area contributed by atoms with Gasteiger partial charge in [-0.3, -0.25) is 4.79 Å². The summed E-state index contributed by atoms with van der Waals surface area (Å²) in [6.07, 6.45) is -10.6. The van der Waals surface area contributed by atoms with Crippen LogP contribution in [0.15, 0.2) is 0 Å². The first-order chi connectivity index (χ1) is 12.8. The summed E-state index contributed by atoms with van der Waals surface area (Å²) in [6.45, 7) is 4.32. The molecule has 0 aromatic rings. The number of aliphatic hydroxyl groups is 1. The van der Waals surface area contributed by atoms with Gasteiger partial charge in [0.05, 0.1) is 0 Å². The Balaban J connectivity index is 1.58. The summed E-state index contributed by atoms with van der Waals surface area (Å²) in [4.78, 5) is 12.6. The molecule has 0 saturated heterocycles. The molecule has 3 saturated carbocycles. The number of hydrogen-bond donors (Lipinski definition) is 2. The van der Waals surface area contributed by atoms with Gasteiger partial charge in [0.1, 0.15) is 0 Å². The SMILES string of the molecule is CC1C2CC(C(=O)NC3CCC(C(O)(C(F)(F)F)C(F)(F)F)CC3)C(C2)C1C. The van der Waals surface area contributed by atoms with E-state index in [0.29, 0.717) is 23.7 Å². The Morgan fingerprint density at radius 1 is 0.893 bits per heavy atom. The molecule has 3 nitrogen and oxygen atoms in total. The van der Waals surface area contributed by atoms with Gasteiger partial charge in [0, 0.05) is 17.9 Å². The van der Waals surface area contributed by atoms with Gasteiger partial charge >= 0.3 is 12.4 Å². The summed E-state index contributed by atoms with van der Waals surface area (Å²) >= 11 is 0. The number of alkyl halides is 6. The molecule has 1 amide bonds. The van der Waals surface area contributed by atoms with Crippen LogP contribution in [0.2, 0.25) is 0 Å². The van der Waals surface area contributed by atoms with Crippen LogP contribution in [-0.4, -0.2) is 35.0 Å². The second-order valence-electron chi connectivity index (χ2n) is 9.04. The van der Waals surface area contributed by atoms with Crippen LogP contribution >= 0.6 is 0 Å². The second-order valence-corrected chi connectivity index (χ2v) is 9.04. The van der Waals surface area contributed by atoms with Crippen molar-refractivity contribution in [3.8, 4) is 0 Å². The van der Waals surface area contributed by atoms with Gasteiger partial charge in [0.15, 0.2) is 0 Å². The minimum Gasteiger partial charge on any atom is -0.373 e. The predicted molar refractivity (Wildman–Crippen MR) is 89.0 cm³/mol. The van der Waals surface area contributed by atoms with E-state index in [1.807, 2.05) is 0 Å². The third-order valence-electron chi connectivity index (χ3n) is 7.76. The third kappa shape index (κ3) is 3.41. The fourth-order valence-electron chi connectivity index (χ4n) is 5.83. The zero-order valence-corrected chi connectivity index (χ0v) is 15.9. The molecule has 2 N–H and O–H groups in total. The van der Waals surface area contributed by atoms with Crippen LogP contribution in [0.25, 0.3) is 0 Å². The molecule has 3 aliphatic carbocycles. The van der Waals surface area contributed by atoms with E-state index in [-0.39, 0.29) is 24.7 Å². The standard InChI is InChI=1S/C19H27F6NO2/c1-9-10(2)14-7-11(9)8-15(14)16(27)26-13-5-3-12(4-6-13)17(28,18(20,21)22)19(23,24)25/h9-15,28H,3-8H2,1-2H3,(H,26,27). The highest BCUT2D eigenvalue weighted by Crippen LogP contribution is 2.55. The molecule has 0 aliphatic heterocycles. The Kier molecular flexibility index (Phi) is 5.47. The van der Waals surface area contributed by atoms with E-state index < -0.39 is 42.8 Å². The van der Waals surface area contributed by atoms with Crippen LogP contribution < -0.4 is 5.32 Å². The summed E-state index contributed by atoms with van der Waals surface area (Å²) < 4.78 is 78.1. The van der Waals surface area contributed by atoms with Crippen molar-refractivity contribution in [3.05, 3.63) is 0 Å². The van der Waals surface area contributed by atoms with Gasteiger partial charge in [0.25, 0.3) is 5.60 Å². The van der Waals surface area contributed by atoms with Crippen LogP contribution in [0.5, 0.6) is 0 Å². The molecule has 9 heteroatoms. The molecule has 162 valence electrons. The molecule has 3 fully saturated rings. The summed E-state index contributed by atoms with van der Waals surface area (Å²) in [6, 6.07) is -0.443. The topological polar surface area (TPSA) is 49.3 Å². The second kappa shape index (κ2) is 7.06. The van der Waals surface area contributed by atoms with Crippen molar-refractivity contribution in [2.24, 2.45) is 35.5 Å². The average molecular weight is 415 g/mol. The average Bonchev–Trinajstić information content (AvgIpc) is 3.13. The molecular formula is C19H27F6NO2. The van der Waals surface area contributed by atoms with E-state index in [2.05, 4.69) is 19.2 Å². The van der Waals surface area contributed by atoms with Gasteiger partial charge in [-0.1, -0.05) is 13.8 Å². The predicted octanol–water partition coefficient (Wildman–Crippen LogP) is 4.45. The molecular weight excluding hydrogens is 388 g/mol. The quantitative estimate of drug-likeness (QED) is 0.670. The highest BCUT2D eigenvalue weighted by Gasteiger charge is 2.73. The summed E-state index contributed by atoms with van der Waals surface area (Å²) in [5.41, 5.74) is -4.70. The molecule has 0 spiro atoms. The Morgan fingerprint density at radius 3 is 1.86 bits per heavy atom. The van der Waals surface area contributed by atoms with Gasteiger partial charge in [-0.25, -0.2) is 0 Å². The first-order valence-electron chi connectivity index (χ1n) is 9.93. The molecule has 2 bridgehead atoms. The molecule has 0 aromatic carbocycles. The van der Waals surface area contributed by atoms with E-state index in [1.54, 1.807) is 0 Å². The molecule has 0 heterocycles. The first-order valence-corrected chi connectivity index (χ1v) is 9.93. The number of carbonyl (C=O) groups excluding carboxylic acids is 1. The van der Waals surface area contributed by atoms with Crippen molar-refractivity contribution < 1.29 is 36.2 Å². The Morgan fingerprint density at radius 2 is 1.43 bits per heavy atom. The molecule has 0 aromatic heterocycles. The number of hydrogen-bond acceptors (Lipinski definition) is 2. The van der Waals surface area contributed by atoms with Gasteiger partial charge in [-0.2, -0.15) is 26.3 Å². The molecule has 5 unspecified atom stereocenters. The summed E-state index contributed by atoms with van der Waals surface area (Å²) in [5, 5.41) is 12.4. The summed E-state index contributed by atoms with van der Waals surface area (Å²) in [5.74, 6) is -0.362. The largest absolute Gasteiger partial charge is 0.426 e. The van der Waals surface area contributed by atoms with Gasteiger partial charge in [-0.15, -0.1) is 0 Å². The van der Waals surface area contributed by atoms with Crippen LogP contribution in [-0.2, 0) is 4.79 Å². The zero-order valence-electron chi connectivity index (χ0n) is 15.9. The first kappa shape index (κ1) is 21.7. The number of amides is 1. The van der Waals surface area contributed by atoms with Crippen molar-refractivity contribution in [1.82, 2.24) is 5.32 Å². The fourth-order valence-corrected chi connectivity index (χ4v) is 5.83. The smallest absolute Gasteiger partial charge is 0.373 e. The number of halogens is 6. The highest BCUT2D eigenvalue weighted by atomic mass is 19.4. The highest BCUT2D eigenvalue weighted by molar-refractivity contribution is 5.79. The lowest BCUT2D eigenvalue weighted by Crippen LogP contribution is -2.62. The number of rotatable bonds is 3. The van der Waals surface area contributed by atoms with Crippen molar-refractivity contribution >= 4 is 5.91 Å². The van der Waals surface area contributed by atoms with E-state index in [9.17, 15) is 36.2 Å². The van der Waals surface area contributed by atoms with Gasteiger partial charge in [-0.05, 0) is 62.2 Å². The van der Waals surface area contributed by atoms with E-state index >= 15 is 0 Å². The van der Waals surface area contributed by atoms with Crippen molar-refractivity contribution in [2.45, 2.75) is 76.4 Å². The lowest BCUT2D eigenvalue weighted by Gasteiger charge is -2.42. The summed E-state index contributed by atoms with van der Waals surface area (Å²) in [7, 11) is 0. The third-order valence-corrected chi connectivity index (χ3v) is 7.76. The van der Waals surface area contributed by atoms with Crippen LogP contribution in [0.3, 0.4) is 0 Å².